The number of rotatable bonds is 6. The van der Waals surface area contributed by atoms with Gasteiger partial charge in [-0.2, -0.15) is 0 Å². The highest BCUT2D eigenvalue weighted by Crippen LogP contribution is 2.44. The van der Waals surface area contributed by atoms with Crippen molar-refractivity contribution in [1.29, 1.82) is 0 Å². The van der Waals surface area contributed by atoms with Crippen LogP contribution in [0.4, 0.5) is 10.5 Å². The lowest BCUT2D eigenvalue weighted by molar-refractivity contribution is -0.384. The van der Waals surface area contributed by atoms with Crippen LogP contribution in [0.15, 0.2) is 54.3 Å². The fourth-order valence-electron chi connectivity index (χ4n) is 4.68. The molecule has 0 saturated carbocycles. The van der Waals surface area contributed by atoms with Crippen molar-refractivity contribution < 1.29 is 24.7 Å². The second-order valence-corrected chi connectivity index (χ2v) is 8.61. The predicted octanol–water partition coefficient (Wildman–Crippen LogP) is 3.48. The lowest BCUT2D eigenvalue weighted by Gasteiger charge is -2.37. The van der Waals surface area contributed by atoms with E-state index in [1.54, 1.807) is 0 Å². The summed E-state index contributed by atoms with van der Waals surface area (Å²) in [6, 6.07) is 13.2. The van der Waals surface area contributed by atoms with Gasteiger partial charge in [-0.15, -0.1) is 0 Å². The summed E-state index contributed by atoms with van der Waals surface area (Å²) in [5, 5.41) is 35.6. The Labute approximate surface area is 191 Å². The van der Waals surface area contributed by atoms with Crippen LogP contribution in [0.1, 0.15) is 36.0 Å². The number of ether oxygens (including phenoxy) is 1. The molecule has 4 rings (SSSR count). The first-order valence-electron chi connectivity index (χ1n) is 10.9. The predicted molar refractivity (Wildman–Crippen MR) is 121 cm³/mol. The van der Waals surface area contributed by atoms with E-state index >= 15 is 0 Å². The summed E-state index contributed by atoms with van der Waals surface area (Å²) in [4.78, 5) is 24.7. The van der Waals surface area contributed by atoms with Gasteiger partial charge in [0.1, 0.15) is 18.0 Å². The van der Waals surface area contributed by atoms with Crippen molar-refractivity contribution in [3.63, 3.8) is 0 Å². The zero-order valence-electron chi connectivity index (χ0n) is 18.4. The van der Waals surface area contributed by atoms with E-state index in [4.69, 9.17) is 4.74 Å². The molecule has 2 aliphatic rings. The van der Waals surface area contributed by atoms with Crippen LogP contribution in [0.5, 0.6) is 0 Å². The molecular weight excluding hydrogens is 426 g/mol. The maximum atomic E-state index is 12.3. The summed E-state index contributed by atoms with van der Waals surface area (Å²) in [6.45, 7) is 0.749. The third-order valence-electron chi connectivity index (χ3n) is 6.39. The third kappa shape index (κ3) is 4.69. The van der Waals surface area contributed by atoms with Gasteiger partial charge in [-0.25, -0.2) is 4.79 Å². The number of benzene rings is 2. The fraction of sp³-hybridized carbons (Fsp3) is 0.375. The van der Waals surface area contributed by atoms with Gasteiger partial charge >= 0.3 is 6.09 Å². The van der Waals surface area contributed by atoms with Gasteiger partial charge in [-0.1, -0.05) is 24.3 Å². The Bertz CT molecular complexity index is 1080. The molecule has 0 spiro atoms. The second kappa shape index (κ2) is 9.21. The normalized spacial score (nSPS) is 22.7. The van der Waals surface area contributed by atoms with Crippen LogP contribution in [-0.2, 0) is 16.9 Å². The number of carbonyl (C=O) groups excluding carboxylic acids is 1. The second-order valence-electron chi connectivity index (χ2n) is 8.61. The molecule has 2 aromatic rings. The zero-order valence-corrected chi connectivity index (χ0v) is 18.4. The number of likely N-dealkylation sites (tertiary alicyclic amines) is 1. The largest absolute Gasteiger partial charge is 0.512 e. The van der Waals surface area contributed by atoms with Crippen LogP contribution in [0.2, 0.25) is 0 Å². The van der Waals surface area contributed by atoms with Crippen LogP contribution in [0.25, 0.3) is 5.57 Å². The molecule has 2 aromatic carbocycles. The standard InChI is InChI=1S/C24H27N3O6/c1-26-12-4-7-20(26)22-18-5-2-3-6-19(18)24(30,13-21(22)28)15-25-23(29)33-14-16-8-10-17(11-9-16)27(31)32/h2-3,5-6,8-11,20,28,30H,4,7,12-15H2,1H3,(H,25,29)/t20-,24-/m0/s1. The lowest BCUT2D eigenvalue weighted by Crippen LogP contribution is -2.44. The quantitative estimate of drug-likeness (QED) is 0.452. The van der Waals surface area contributed by atoms with Gasteiger partial charge in [0.05, 0.1) is 11.5 Å². The molecular formula is C24H27N3O6. The van der Waals surface area contributed by atoms with Crippen molar-refractivity contribution in [2.24, 2.45) is 0 Å². The first-order valence-corrected chi connectivity index (χ1v) is 10.9. The first-order chi connectivity index (χ1) is 15.8. The summed E-state index contributed by atoms with van der Waals surface area (Å²) >= 11 is 0. The van der Waals surface area contributed by atoms with Gasteiger partial charge in [0.25, 0.3) is 5.69 Å². The molecule has 33 heavy (non-hydrogen) atoms. The van der Waals surface area contributed by atoms with Gasteiger partial charge in [0.15, 0.2) is 0 Å². The maximum absolute atomic E-state index is 12.3. The molecule has 1 heterocycles. The Morgan fingerprint density at radius 2 is 2.00 bits per heavy atom. The third-order valence-corrected chi connectivity index (χ3v) is 6.39. The minimum Gasteiger partial charge on any atom is -0.512 e. The van der Waals surface area contributed by atoms with E-state index in [1.807, 2.05) is 31.3 Å². The molecule has 2 atom stereocenters. The highest BCUT2D eigenvalue weighted by molar-refractivity contribution is 5.77. The number of hydrogen-bond acceptors (Lipinski definition) is 7. The van der Waals surface area contributed by atoms with Crippen molar-refractivity contribution in [2.45, 2.75) is 37.5 Å². The zero-order chi connectivity index (χ0) is 23.6. The molecule has 1 aliphatic carbocycles. The topological polar surface area (TPSA) is 125 Å². The van der Waals surface area contributed by atoms with Gasteiger partial charge < -0.3 is 20.3 Å². The highest BCUT2D eigenvalue weighted by atomic mass is 16.6. The Balaban J connectivity index is 1.43. The summed E-state index contributed by atoms with van der Waals surface area (Å²) in [7, 11) is 2.03. The molecule has 0 bridgehead atoms. The number of amides is 1. The number of aliphatic hydroxyl groups excluding tert-OH is 1. The van der Waals surface area contributed by atoms with Crippen molar-refractivity contribution in [3.8, 4) is 0 Å². The fourth-order valence-corrected chi connectivity index (χ4v) is 4.68. The first kappa shape index (κ1) is 22.8. The van der Waals surface area contributed by atoms with Crippen LogP contribution < -0.4 is 5.32 Å². The van der Waals surface area contributed by atoms with Crippen molar-refractivity contribution in [1.82, 2.24) is 10.2 Å². The van der Waals surface area contributed by atoms with Crippen molar-refractivity contribution in [2.75, 3.05) is 20.1 Å². The number of carbonyl (C=O) groups is 1. The van der Waals surface area contributed by atoms with Gasteiger partial charge in [0, 0.05) is 30.2 Å². The number of nitro benzene ring substituents is 1. The van der Waals surface area contributed by atoms with E-state index < -0.39 is 16.6 Å². The van der Waals surface area contributed by atoms with Crippen LogP contribution in [0, 0.1) is 10.1 Å². The summed E-state index contributed by atoms with van der Waals surface area (Å²) < 4.78 is 5.18. The molecule has 1 amide bonds. The molecule has 3 N–H and O–H groups in total. The Morgan fingerprint density at radius 1 is 1.27 bits per heavy atom. The van der Waals surface area contributed by atoms with E-state index in [-0.39, 0.29) is 37.1 Å². The van der Waals surface area contributed by atoms with Gasteiger partial charge in [0.2, 0.25) is 0 Å². The lowest BCUT2D eigenvalue weighted by atomic mass is 9.76. The molecule has 9 heteroatoms. The van der Waals surface area contributed by atoms with E-state index in [9.17, 15) is 25.1 Å². The Hall–Kier alpha value is -3.43. The molecule has 0 aromatic heterocycles. The minimum absolute atomic E-state index is 0.00762. The average molecular weight is 453 g/mol. The van der Waals surface area contributed by atoms with E-state index in [2.05, 4.69) is 10.2 Å². The summed E-state index contributed by atoms with van der Waals surface area (Å²) in [5.74, 6) is 0.135. The molecule has 1 saturated heterocycles. The number of fused-ring (bicyclic) bond motifs is 1. The highest BCUT2D eigenvalue weighted by Gasteiger charge is 2.41. The smallest absolute Gasteiger partial charge is 0.407 e. The van der Waals surface area contributed by atoms with Gasteiger partial charge in [-0.05, 0) is 55.3 Å². The number of likely N-dealkylation sites (N-methyl/N-ethyl adjacent to an activating group) is 1. The molecule has 0 radical (unpaired) electrons. The van der Waals surface area contributed by atoms with Crippen molar-refractivity contribution in [3.05, 3.63) is 81.1 Å². The summed E-state index contributed by atoms with van der Waals surface area (Å²) in [5.41, 5.74) is 1.38. The molecule has 1 aliphatic heterocycles. The van der Waals surface area contributed by atoms with E-state index in [1.165, 1.54) is 24.3 Å². The van der Waals surface area contributed by atoms with Crippen LogP contribution >= 0.6 is 0 Å². The number of nitrogens with zero attached hydrogens (tertiary/aromatic N) is 2. The number of nitrogens with one attached hydrogen (secondary N) is 1. The van der Waals surface area contributed by atoms with E-state index in [0.717, 1.165) is 30.5 Å². The van der Waals surface area contributed by atoms with Crippen molar-refractivity contribution >= 4 is 17.4 Å². The minimum atomic E-state index is -1.48. The molecule has 0 unspecified atom stereocenters. The number of nitro groups is 1. The number of hydrogen-bond donors (Lipinski definition) is 3. The summed E-state index contributed by atoms with van der Waals surface area (Å²) in [6.07, 6.45) is 1.25. The van der Waals surface area contributed by atoms with E-state index in [0.29, 0.717) is 11.1 Å². The maximum Gasteiger partial charge on any atom is 0.407 e. The molecule has 9 nitrogen and oxygen atoms in total. The number of alkyl carbamates (subject to hydrolysis) is 1. The SMILES string of the molecule is CN1CCC[C@H]1C1=C(O)C[C@](O)(CNC(=O)OCc2ccc([N+](=O)[O-])cc2)c2ccccc21. The molecule has 174 valence electrons. The monoisotopic (exact) mass is 453 g/mol. The number of non-ortho nitro benzene ring substituents is 1. The van der Waals surface area contributed by atoms with Crippen LogP contribution in [-0.4, -0.2) is 52.3 Å². The Morgan fingerprint density at radius 3 is 2.67 bits per heavy atom. The number of aliphatic hydroxyl groups is 2. The Kier molecular flexibility index (Phi) is 6.35. The van der Waals surface area contributed by atoms with Crippen LogP contribution in [0.3, 0.4) is 0 Å². The van der Waals surface area contributed by atoms with Gasteiger partial charge in [-0.3, -0.25) is 15.0 Å². The molecule has 1 fully saturated rings. The average Bonchev–Trinajstić information content (AvgIpc) is 3.22.